The third-order valence-electron chi connectivity index (χ3n) is 1.21. The highest BCUT2D eigenvalue weighted by molar-refractivity contribution is 14.1. The molecule has 2 nitrogen and oxygen atoms in total. The lowest BCUT2D eigenvalue weighted by atomic mass is 10.5. The highest BCUT2D eigenvalue weighted by atomic mass is 127. The summed E-state index contributed by atoms with van der Waals surface area (Å²) in [6.07, 6.45) is 3.79. The molecule has 0 bridgehead atoms. The van der Waals surface area contributed by atoms with E-state index in [9.17, 15) is 0 Å². The summed E-state index contributed by atoms with van der Waals surface area (Å²) in [5, 5.41) is 0. The van der Waals surface area contributed by atoms with Gasteiger partial charge in [0.15, 0.2) is 0 Å². The molecule has 0 radical (unpaired) electrons. The smallest absolute Gasteiger partial charge is 0.121 e. The van der Waals surface area contributed by atoms with Gasteiger partial charge in [-0.15, -0.1) is 0 Å². The normalized spacial score (nSPS) is 13.7. The highest BCUT2D eigenvalue weighted by Crippen LogP contribution is 2.18. The van der Waals surface area contributed by atoms with Crippen LogP contribution in [0.15, 0.2) is 12.4 Å². The number of alkyl halides is 1. The largest absolute Gasteiger partial charge is 0.337 e. The fourth-order valence-corrected chi connectivity index (χ4v) is 1.36. The summed E-state index contributed by atoms with van der Waals surface area (Å²) < 4.78 is 2.54. The van der Waals surface area contributed by atoms with Crippen molar-refractivity contribution in [1.82, 2.24) is 9.55 Å². The first kappa shape index (κ1) is 7.05. The van der Waals surface area contributed by atoms with Crippen molar-refractivity contribution in [2.24, 2.45) is 7.05 Å². The summed E-state index contributed by atoms with van der Waals surface area (Å²) in [5.41, 5.74) is 0. The zero-order valence-electron chi connectivity index (χ0n) is 5.50. The molecule has 0 unspecified atom stereocenters. The first-order valence-electron chi connectivity index (χ1n) is 2.83. The van der Waals surface area contributed by atoms with Crippen LogP contribution in [0.4, 0.5) is 0 Å². The molecule has 0 aliphatic heterocycles. The quantitative estimate of drug-likeness (QED) is 0.538. The fraction of sp³-hybridized carbons (Fsp3) is 0.500. The van der Waals surface area contributed by atoms with Crippen LogP contribution in [0, 0.1) is 0 Å². The van der Waals surface area contributed by atoms with E-state index in [1.54, 1.807) is 0 Å². The van der Waals surface area contributed by atoms with Crippen molar-refractivity contribution in [1.29, 1.82) is 0 Å². The highest BCUT2D eigenvalue weighted by Gasteiger charge is 2.03. The number of rotatable bonds is 1. The Labute approximate surface area is 68.4 Å². The molecule has 0 amide bonds. The lowest BCUT2D eigenvalue weighted by Crippen LogP contribution is -1.95. The van der Waals surface area contributed by atoms with Crippen LogP contribution in [0.5, 0.6) is 0 Å². The molecule has 1 rings (SSSR count). The maximum atomic E-state index is 4.17. The van der Waals surface area contributed by atoms with Gasteiger partial charge in [-0.3, -0.25) is 0 Å². The van der Waals surface area contributed by atoms with Crippen LogP contribution < -0.4 is 0 Å². The average molecular weight is 236 g/mol. The van der Waals surface area contributed by atoms with Gasteiger partial charge < -0.3 is 4.57 Å². The van der Waals surface area contributed by atoms with Gasteiger partial charge in [-0.2, -0.15) is 0 Å². The molecule has 0 aliphatic rings. The van der Waals surface area contributed by atoms with E-state index in [0.717, 1.165) is 5.82 Å². The monoisotopic (exact) mass is 236 g/mol. The van der Waals surface area contributed by atoms with E-state index < -0.39 is 0 Å². The van der Waals surface area contributed by atoms with E-state index in [0.29, 0.717) is 3.92 Å². The van der Waals surface area contributed by atoms with Crippen LogP contribution in [0.25, 0.3) is 0 Å². The fourth-order valence-electron chi connectivity index (χ4n) is 0.760. The number of halogens is 1. The van der Waals surface area contributed by atoms with Crippen LogP contribution in [0.1, 0.15) is 16.7 Å². The molecule has 1 aromatic rings. The molecule has 0 aromatic carbocycles. The zero-order valence-corrected chi connectivity index (χ0v) is 7.66. The number of aromatic nitrogens is 2. The second kappa shape index (κ2) is 2.68. The molecular weight excluding hydrogens is 227 g/mol. The van der Waals surface area contributed by atoms with Crippen molar-refractivity contribution < 1.29 is 0 Å². The summed E-state index contributed by atoms with van der Waals surface area (Å²) in [7, 11) is 2.01. The molecule has 0 fully saturated rings. The number of hydrogen-bond donors (Lipinski definition) is 0. The van der Waals surface area contributed by atoms with Gasteiger partial charge in [0.2, 0.25) is 0 Å². The first-order chi connectivity index (χ1) is 4.22. The Balaban J connectivity index is 2.94. The predicted octanol–water partition coefficient (Wildman–Crippen LogP) is 1.92. The molecule has 0 spiro atoms. The third kappa shape index (κ3) is 1.44. The van der Waals surface area contributed by atoms with Crippen molar-refractivity contribution in [2.45, 2.75) is 10.8 Å². The van der Waals surface area contributed by atoms with E-state index in [1.807, 2.05) is 24.0 Å². The second-order valence-electron chi connectivity index (χ2n) is 2.01. The molecule has 1 aromatic heterocycles. The average Bonchev–Trinajstić information content (AvgIpc) is 2.13. The van der Waals surface area contributed by atoms with Gasteiger partial charge in [0.05, 0.1) is 3.92 Å². The minimum atomic E-state index is 0.502. The molecule has 0 saturated heterocycles. The van der Waals surface area contributed by atoms with Crippen LogP contribution in [0.2, 0.25) is 0 Å². The Kier molecular flexibility index (Phi) is 2.10. The van der Waals surface area contributed by atoms with Gasteiger partial charge in [0.1, 0.15) is 5.82 Å². The molecule has 0 aliphatic carbocycles. The third-order valence-corrected chi connectivity index (χ3v) is 1.77. The summed E-state index contributed by atoms with van der Waals surface area (Å²) >= 11 is 2.35. The van der Waals surface area contributed by atoms with Crippen molar-refractivity contribution in [3.05, 3.63) is 18.2 Å². The van der Waals surface area contributed by atoms with Crippen molar-refractivity contribution >= 4 is 22.6 Å². The summed E-state index contributed by atoms with van der Waals surface area (Å²) in [4.78, 5) is 4.17. The predicted molar refractivity (Wildman–Crippen MR) is 45.6 cm³/mol. The maximum Gasteiger partial charge on any atom is 0.121 e. The van der Waals surface area contributed by atoms with E-state index in [1.165, 1.54) is 0 Å². The van der Waals surface area contributed by atoms with Gasteiger partial charge >= 0.3 is 0 Å². The Morgan fingerprint density at radius 3 is 2.67 bits per heavy atom. The topological polar surface area (TPSA) is 17.8 Å². The van der Waals surface area contributed by atoms with E-state index in [4.69, 9.17) is 0 Å². The van der Waals surface area contributed by atoms with Gasteiger partial charge in [-0.05, 0) is 6.92 Å². The minimum Gasteiger partial charge on any atom is -0.337 e. The minimum absolute atomic E-state index is 0.502. The Bertz CT molecular complexity index is 193. The van der Waals surface area contributed by atoms with Crippen molar-refractivity contribution in [2.75, 3.05) is 0 Å². The number of imidazole rings is 1. The zero-order chi connectivity index (χ0) is 6.85. The lowest BCUT2D eigenvalue weighted by Gasteiger charge is -2.00. The second-order valence-corrected chi connectivity index (χ2v) is 3.88. The van der Waals surface area contributed by atoms with E-state index >= 15 is 0 Å². The molecule has 50 valence electrons. The molecule has 0 saturated carbocycles. The van der Waals surface area contributed by atoms with E-state index in [2.05, 4.69) is 34.5 Å². The Morgan fingerprint density at radius 2 is 2.44 bits per heavy atom. The van der Waals surface area contributed by atoms with Crippen LogP contribution in [0.3, 0.4) is 0 Å². The Morgan fingerprint density at radius 1 is 1.78 bits per heavy atom. The lowest BCUT2D eigenvalue weighted by molar-refractivity contribution is 0.810. The van der Waals surface area contributed by atoms with Gasteiger partial charge in [0, 0.05) is 19.4 Å². The van der Waals surface area contributed by atoms with Crippen LogP contribution in [-0.2, 0) is 7.05 Å². The Hall–Kier alpha value is -0.0600. The molecule has 1 atom stereocenters. The molecule has 1 heterocycles. The van der Waals surface area contributed by atoms with Gasteiger partial charge in [-0.25, -0.2) is 4.98 Å². The van der Waals surface area contributed by atoms with Gasteiger partial charge in [0.25, 0.3) is 0 Å². The molecule has 0 N–H and O–H groups in total. The molecule has 3 heteroatoms. The maximum absolute atomic E-state index is 4.17. The number of aryl methyl sites for hydroxylation is 1. The molecular formula is C6H9IN2. The van der Waals surface area contributed by atoms with Gasteiger partial charge in [-0.1, -0.05) is 22.6 Å². The number of hydrogen-bond acceptors (Lipinski definition) is 1. The summed E-state index contributed by atoms with van der Waals surface area (Å²) in [6.45, 7) is 2.13. The SMILES string of the molecule is C[C@H](I)c1nccn1C. The molecule has 9 heavy (non-hydrogen) atoms. The summed E-state index contributed by atoms with van der Waals surface area (Å²) in [6, 6.07) is 0. The van der Waals surface area contributed by atoms with Crippen LogP contribution in [-0.4, -0.2) is 9.55 Å². The van der Waals surface area contributed by atoms with Crippen molar-refractivity contribution in [3.63, 3.8) is 0 Å². The van der Waals surface area contributed by atoms with Crippen molar-refractivity contribution in [3.8, 4) is 0 Å². The first-order valence-corrected chi connectivity index (χ1v) is 4.07. The summed E-state index contributed by atoms with van der Waals surface area (Å²) in [5.74, 6) is 1.13. The van der Waals surface area contributed by atoms with Crippen LogP contribution >= 0.6 is 22.6 Å². The number of nitrogens with zero attached hydrogens (tertiary/aromatic N) is 2. The standard InChI is InChI=1S/C6H9IN2/c1-5(7)6-8-3-4-9(6)2/h3-5H,1-2H3/t5-/m0/s1. The van der Waals surface area contributed by atoms with E-state index in [-0.39, 0.29) is 0 Å².